The van der Waals surface area contributed by atoms with Crippen LogP contribution >= 0.6 is 0 Å². The summed E-state index contributed by atoms with van der Waals surface area (Å²) in [5.74, 6) is 2.50. The van der Waals surface area contributed by atoms with Crippen LogP contribution in [0.3, 0.4) is 0 Å². The molecule has 0 unspecified atom stereocenters. The van der Waals surface area contributed by atoms with E-state index < -0.39 is 0 Å². The predicted octanol–water partition coefficient (Wildman–Crippen LogP) is 4.18. The predicted molar refractivity (Wildman–Crippen MR) is 85.1 cm³/mol. The molecular weight excluding hydrogens is 258 g/mol. The van der Waals surface area contributed by atoms with Gasteiger partial charge in [-0.15, -0.1) is 0 Å². The van der Waals surface area contributed by atoms with Crippen molar-refractivity contribution in [1.82, 2.24) is 4.57 Å². The van der Waals surface area contributed by atoms with E-state index in [0.29, 0.717) is 11.8 Å². The van der Waals surface area contributed by atoms with Crippen LogP contribution < -0.4 is 4.74 Å². The third-order valence-corrected chi connectivity index (χ3v) is 5.26. The van der Waals surface area contributed by atoms with Gasteiger partial charge in [0.2, 0.25) is 0 Å². The van der Waals surface area contributed by atoms with Crippen molar-refractivity contribution in [3.63, 3.8) is 0 Å². The van der Waals surface area contributed by atoms with Gasteiger partial charge in [-0.1, -0.05) is 30.3 Å². The number of rotatable bonds is 3. The Morgan fingerprint density at radius 3 is 2.43 bits per heavy atom. The summed E-state index contributed by atoms with van der Waals surface area (Å²) in [6, 6.07) is 11.0. The van der Waals surface area contributed by atoms with Crippen molar-refractivity contribution in [2.24, 2.45) is 7.05 Å². The van der Waals surface area contributed by atoms with Gasteiger partial charge >= 0.3 is 0 Å². The van der Waals surface area contributed by atoms with E-state index >= 15 is 0 Å². The molecule has 1 fully saturated rings. The summed E-state index contributed by atoms with van der Waals surface area (Å²) in [6.45, 7) is 0. The number of nitrogens with zero attached hydrogens (tertiary/aromatic N) is 1. The number of hydrogen-bond donors (Lipinski definition) is 0. The molecule has 21 heavy (non-hydrogen) atoms. The maximum atomic E-state index is 5.71. The van der Waals surface area contributed by atoms with Crippen LogP contribution in [0.5, 0.6) is 5.88 Å². The van der Waals surface area contributed by atoms with Crippen LogP contribution in [0.4, 0.5) is 0 Å². The number of ether oxygens (including phenoxy) is 1. The fraction of sp³-hybridized carbons (Fsp3) is 0.474. The monoisotopic (exact) mass is 281 g/mol. The van der Waals surface area contributed by atoms with Gasteiger partial charge < -0.3 is 9.30 Å². The molecule has 2 atom stereocenters. The lowest BCUT2D eigenvalue weighted by molar-refractivity contribution is 0.374. The molecule has 2 aliphatic carbocycles. The summed E-state index contributed by atoms with van der Waals surface area (Å²) >= 11 is 0. The summed E-state index contributed by atoms with van der Waals surface area (Å²) in [7, 11) is 4.00. The summed E-state index contributed by atoms with van der Waals surface area (Å²) in [5, 5.41) is 0. The molecule has 4 rings (SSSR count). The van der Waals surface area contributed by atoms with Crippen molar-refractivity contribution >= 4 is 0 Å². The number of methoxy groups -OCH3 is 1. The highest BCUT2D eigenvalue weighted by molar-refractivity contribution is 5.49. The second kappa shape index (κ2) is 4.94. The molecule has 2 aliphatic rings. The Bertz CT molecular complexity index is 656. The first-order valence-electron chi connectivity index (χ1n) is 8.10. The van der Waals surface area contributed by atoms with E-state index in [0.717, 1.165) is 5.88 Å². The van der Waals surface area contributed by atoms with Gasteiger partial charge in [0, 0.05) is 24.2 Å². The largest absolute Gasteiger partial charge is 0.482 e. The van der Waals surface area contributed by atoms with Crippen molar-refractivity contribution in [2.75, 3.05) is 7.11 Å². The van der Waals surface area contributed by atoms with E-state index in [-0.39, 0.29) is 0 Å². The average molecular weight is 281 g/mol. The molecule has 2 heteroatoms. The third kappa shape index (κ3) is 2.00. The summed E-state index contributed by atoms with van der Waals surface area (Å²) in [6.07, 6.45) is 6.35. The Morgan fingerprint density at radius 1 is 1.00 bits per heavy atom. The normalized spacial score (nSPS) is 23.7. The van der Waals surface area contributed by atoms with Crippen molar-refractivity contribution in [2.45, 2.75) is 43.9 Å². The quantitative estimate of drug-likeness (QED) is 0.823. The Balaban J connectivity index is 1.72. The van der Waals surface area contributed by atoms with Crippen LogP contribution in [0.25, 0.3) is 0 Å². The maximum absolute atomic E-state index is 5.71. The van der Waals surface area contributed by atoms with Crippen LogP contribution in [0.1, 0.15) is 53.5 Å². The highest BCUT2D eigenvalue weighted by Crippen LogP contribution is 2.57. The molecule has 1 saturated carbocycles. The van der Waals surface area contributed by atoms with Gasteiger partial charge in [0.1, 0.15) is 0 Å². The maximum Gasteiger partial charge on any atom is 0.196 e. The van der Waals surface area contributed by atoms with Gasteiger partial charge in [0.05, 0.1) is 7.11 Å². The lowest BCUT2D eigenvalue weighted by Gasteiger charge is -2.13. The number of hydrogen-bond acceptors (Lipinski definition) is 1. The Morgan fingerprint density at radius 2 is 1.71 bits per heavy atom. The minimum atomic E-state index is 0.688. The van der Waals surface area contributed by atoms with Gasteiger partial charge in [-0.05, 0) is 49.1 Å². The molecule has 0 saturated heterocycles. The number of benzene rings is 1. The van der Waals surface area contributed by atoms with Gasteiger partial charge in [-0.25, -0.2) is 0 Å². The molecule has 0 bridgehead atoms. The molecule has 0 N–H and O–H groups in total. The topological polar surface area (TPSA) is 14.2 Å². The van der Waals surface area contributed by atoms with Crippen LogP contribution in [0.2, 0.25) is 0 Å². The van der Waals surface area contributed by atoms with E-state index in [4.69, 9.17) is 4.74 Å². The van der Waals surface area contributed by atoms with Crippen LogP contribution in [0, 0.1) is 0 Å². The molecule has 0 radical (unpaired) electrons. The van der Waals surface area contributed by atoms with E-state index in [1.54, 1.807) is 11.3 Å². The fourth-order valence-corrected chi connectivity index (χ4v) is 4.24. The SMILES string of the molecule is COc1c2c(c([C@H]3C[C@@H]3c3ccccc3)n1C)CCCC2. The second-order valence-corrected chi connectivity index (χ2v) is 6.48. The zero-order valence-electron chi connectivity index (χ0n) is 12.9. The summed E-state index contributed by atoms with van der Waals surface area (Å²) < 4.78 is 8.04. The van der Waals surface area contributed by atoms with E-state index in [1.807, 2.05) is 7.11 Å². The standard InChI is InChI=1S/C19H23NO/c1-20-18(14-10-6-7-11-15(14)19(20)21-2)17-12-16(17)13-8-4-3-5-9-13/h3-5,8-9,16-17H,6-7,10-12H2,1-2H3/t16-,17+/m1/s1. The second-order valence-electron chi connectivity index (χ2n) is 6.48. The lowest BCUT2D eigenvalue weighted by atomic mass is 9.92. The lowest BCUT2D eigenvalue weighted by Crippen LogP contribution is -2.03. The van der Waals surface area contributed by atoms with Crippen molar-refractivity contribution in [3.05, 3.63) is 52.7 Å². The first kappa shape index (κ1) is 13.0. The average Bonchev–Trinajstić information content (AvgIpc) is 3.25. The molecule has 0 amide bonds. The smallest absolute Gasteiger partial charge is 0.196 e. The minimum Gasteiger partial charge on any atom is -0.482 e. The fourth-order valence-electron chi connectivity index (χ4n) is 4.24. The van der Waals surface area contributed by atoms with E-state index in [2.05, 4.69) is 41.9 Å². The minimum absolute atomic E-state index is 0.688. The van der Waals surface area contributed by atoms with E-state index in [9.17, 15) is 0 Å². The highest BCUT2D eigenvalue weighted by atomic mass is 16.5. The molecule has 0 spiro atoms. The Labute approximate surface area is 126 Å². The molecule has 110 valence electrons. The first-order valence-corrected chi connectivity index (χ1v) is 8.10. The van der Waals surface area contributed by atoms with Gasteiger partial charge in [0.15, 0.2) is 5.88 Å². The molecule has 1 aromatic heterocycles. The molecule has 1 heterocycles. The molecule has 0 aliphatic heterocycles. The van der Waals surface area contributed by atoms with Crippen LogP contribution in [-0.4, -0.2) is 11.7 Å². The molecular formula is C19H23NO. The van der Waals surface area contributed by atoms with Crippen molar-refractivity contribution in [1.29, 1.82) is 0 Å². The van der Waals surface area contributed by atoms with Gasteiger partial charge in [0.25, 0.3) is 0 Å². The zero-order chi connectivity index (χ0) is 14.4. The van der Waals surface area contributed by atoms with Gasteiger partial charge in [-0.2, -0.15) is 0 Å². The molecule has 2 aromatic rings. The Hall–Kier alpha value is -1.70. The molecule has 1 aromatic carbocycles. The summed E-state index contributed by atoms with van der Waals surface area (Å²) in [4.78, 5) is 0. The van der Waals surface area contributed by atoms with E-state index in [1.165, 1.54) is 43.2 Å². The highest BCUT2D eigenvalue weighted by Gasteiger charge is 2.43. The van der Waals surface area contributed by atoms with Crippen LogP contribution in [0.15, 0.2) is 30.3 Å². The number of fused-ring (bicyclic) bond motifs is 1. The Kier molecular flexibility index (Phi) is 3.06. The van der Waals surface area contributed by atoms with Gasteiger partial charge in [-0.3, -0.25) is 0 Å². The zero-order valence-corrected chi connectivity index (χ0v) is 12.9. The van der Waals surface area contributed by atoms with Crippen molar-refractivity contribution in [3.8, 4) is 5.88 Å². The molecule has 2 nitrogen and oxygen atoms in total. The van der Waals surface area contributed by atoms with Crippen LogP contribution in [-0.2, 0) is 19.9 Å². The van der Waals surface area contributed by atoms with Crippen molar-refractivity contribution < 1.29 is 4.74 Å². The number of aromatic nitrogens is 1. The summed E-state index contributed by atoms with van der Waals surface area (Å²) in [5.41, 5.74) is 6.13. The first-order chi connectivity index (χ1) is 10.3. The third-order valence-electron chi connectivity index (χ3n) is 5.26.